The topological polar surface area (TPSA) is 17.8 Å². The van der Waals surface area contributed by atoms with Crippen LogP contribution in [0.5, 0.6) is 0 Å². The van der Waals surface area contributed by atoms with Gasteiger partial charge in [0.2, 0.25) is 0 Å². The van der Waals surface area contributed by atoms with Crippen LogP contribution in [0.3, 0.4) is 0 Å². The average molecular weight is 178 g/mol. The molecule has 1 saturated carbocycles. The van der Waals surface area contributed by atoms with Gasteiger partial charge in [-0.05, 0) is 18.8 Å². The molecule has 2 rings (SSSR count). The van der Waals surface area contributed by atoms with Gasteiger partial charge in [-0.25, -0.2) is 4.98 Å². The average Bonchev–Trinajstić information content (AvgIpc) is 2.76. The van der Waals surface area contributed by atoms with Gasteiger partial charge in [-0.1, -0.05) is 19.8 Å². The Balaban J connectivity index is 1.99. The maximum atomic E-state index is 4.34. The zero-order valence-corrected chi connectivity index (χ0v) is 8.37. The smallest absolute Gasteiger partial charge is 0.108 e. The van der Waals surface area contributed by atoms with Crippen LogP contribution >= 0.6 is 0 Å². The van der Waals surface area contributed by atoms with E-state index in [1.807, 2.05) is 6.20 Å². The van der Waals surface area contributed by atoms with Gasteiger partial charge in [-0.15, -0.1) is 0 Å². The summed E-state index contributed by atoms with van der Waals surface area (Å²) in [6.45, 7) is 3.37. The van der Waals surface area contributed by atoms with E-state index in [-0.39, 0.29) is 0 Å². The number of aryl methyl sites for hydroxylation is 1. The molecule has 2 nitrogen and oxygen atoms in total. The summed E-state index contributed by atoms with van der Waals surface area (Å²) in [4.78, 5) is 4.34. The van der Waals surface area contributed by atoms with E-state index in [4.69, 9.17) is 0 Å². The molecule has 13 heavy (non-hydrogen) atoms. The number of hydrogen-bond donors (Lipinski definition) is 0. The van der Waals surface area contributed by atoms with Crippen LogP contribution in [0.25, 0.3) is 0 Å². The molecule has 0 bridgehead atoms. The molecule has 1 aliphatic carbocycles. The van der Waals surface area contributed by atoms with E-state index in [1.54, 1.807) is 0 Å². The summed E-state index contributed by atoms with van der Waals surface area (Å²) < 4.78 is 2.33. The van der Waals surface area contributed by atoms with Crippen molar-refractivity contribution in [3.63, 3.8) is 0 Å². The Bertz CT molecular complexity index is 259. The molecule has 0 atom stereocenters. The molecule has 1 heterocycles. The second-order valence-corrected chi connectivity index (χ2v) is 4.00. The maximum absolute atomic E-state index is 4.34. The van der Waals surface area contributed by atoms with Crippen LogP contribution in [-0.2, 0) is 13.0 Å². The maximum Gasteiger partial charge on any atom is 0.108 e. The van der Waals surface area contributed by atoms with Crippen molar-refractivity contribution < 1.29 is 0 Å². The Hall–Kier alpha value is -0.790. The zero-order chi connectivity index (χ0) is 9.10. The number of aromatic nitrogens is 2. The Morgan fingerprint density at radius 1 is 1.46 bits per heavy atom. The molecule has 0 saturated heterocycles. The molecule has 0 radical (unpaired) electrons. The molecule has 72 valence electrons. The Morgan fingerprint density at radius 3 is 2.92 bits per heavy atom. The molecule has 0 aromatic carbocycles. The Morgan fingerprint density at radius 2 is 2.23 bits per heavy atom. The first-order valence-electron chi connectivity index (χ1n) is 5.40. The lowest BCUT2D eigenvalue weighted by atomic mass is 10.1. The lowest BCUT2D eigenvalue weighted by molar-refractivity contribution is 0.448. The van der Waals surface area contributed by atoms with E-state index < -0.39 is 0 Å². The highest BCUT2D eigenvalue weighted by Gasteiger charge is 2.15. The fourth-order valence-corrected chi connectivity index (χ4v) is 2.29. The highest BCUT2D eigenvalue weighted by Crippen LogP contribution is 2.26. The molecule has 1 aliphatic rings. The summed E-state index contributed by atoms with van der Waals surface area (Å²) >= 11 is 0. The summed E-state index contributed by atoms with van der Waals surface area (Å²) in [6, 6.07) is 0. The number of nitrogens with zero attached hydrogens (tertiary/aromatic N) is 2. The molecule has 1 aromatic heterocycles. The molecule has 1 aromatic rings. The molecule has 0 aliphatic heterocycles. The van der Waals surface area contributed by atoms with Crippen LogP contribution < -0.4 is 0 Å². The van der Waals surface area contributed by atoms with Gasteiger partial charge >= 0.3 is 0 Å². The van der Waals surface area contributed by atoms with Crippen molar-refractivity contribution in [3.8, 4) is 0 Å². The first kappa shape index (κ1) is 8.79. The first-order chi connectivity index (χ1) is 6.40. The van der Waals surface area contributed by atoms with Crippen molar-refractivity contribution in [2.45, 2.75) is 45.6 Å². The second kappa shape index (κ2) is 3.95. The fraction of sp³-hybridized carbons (Fsp3) is 0.727. The number of rotatable bonds is 3. The van der Waals surface area contributed by atoms with Crippen LogP contribution in [-0.4, -0.2) is 9.55 Å². The van der Waals surface area contributed by atoms with Gasteiger partial charge in [0.15, 0.2) is 0 Å². The van der Waals surface area contributed by atoms with Crippen molar-refractivity contribution in [2.24, 2.45) is 5.92 Å². The van der Waals surface area contributed by atoms with Crippen LogP contribution in [0.4, 0.5) is 0 Å². The van der Waals surface area contributed by atoms with Gasteiger partial charge in [0, 0.05) is 25.4 Å². The van der Waals surface area contributed by atoms with Crippen molar-refractivity contribution in [3.05, 3.63) is 18.2 Å². The minimum Gasteiger partial charge on any atom is -0.335 e. The van der Waals surface area contributed by atoms with Crippen LogP contribution in [0.2, 0.25) is 0 Å². The standard InChI is InChI=1S/C11H18N2/c1-2-11-12-7-8-13(11)9-10-5-3-4-6-10/h7-8,10H,2-6,9H2,1H3. The van der Waals surface area contributed by atoms with E-state index in [9.17, 15) is 0 Å². The van der Waals surface area contributed by atoms with Gasteiger partial charge in [0.25, 0.3) is 0 Å². The first-order valence-corrected chi connectivity index (χ1v) is 5.40. The van der Waals surface area contributed by atoms with Gasteiger partial charge in [0.05, 0.1) is 0 Å². The van der Waals surface area contributed by atoms with Crippen molar-refractivity contribution in [2.75, 3.05) is 0 Å². The predicted molar refractivity (Wildman–Crippen MR) is 53.6 cm³/mol. The molecule has 2 heteroatoms. The number of hydrogen-bond acceptors (Lipinski definition) is 1. The Labute approximate surface area is 80.0 Å². The van der Waals surface area contributed by atoms with Gasteiger partial charge in [-0.3, -0.25) is 0 Å². The summed E-state index contributed by atoms with van der Waals surface area (Å²) in [6.07, 6.45) is 10.8. The fourth-order valence-electron chi connectivity index (χ4n) is 2.29. The summed E-state index contributed by atoms with van der Waals surface area (Å²) in [5.74, 6) is 2.16. The largest absolute Gasteiger partial charge is 0.335 e. The van der Waals surface area contributed by atoms with Crippen molar-refractivity contribution in [1.29, 1.82) is 0 Å². The SMILES string of the molecule is CCc1nccn1CC1CCCC1. The van der Waals surface area contributed by atoms with Gasteiger partial charge in [0.1, 0.15) is 5.82 Å². The van der Waals surface area contributed by atoms with Crippen LogP contribution in [0.15, 0.2) is 12.4 Å². The minimum atomic E-state index is 0.916. The van der Waals surface area contributed by atoms with Crippen LogP contribution in [0.1, 0.15) is 38.4 Å². The molecule has 0 unspecified atom stereocenters. The summed E-state index contributed by atoms with van der Waals surface area (Å²) in [5.41, 5.74) is 0. The third-order valence-electron chi connectivity index (χ3n) is 3.05. The normalized spacial score (nSPS) is 18.2. The quantitative estimate of drug-likeness (QED) is 0.695. The monoisotopic (exact) mass is 178 g/mol. The third-order valence-corrected chi connectivity index (χ3v) is 3.05. The predicted octanol–water partition coefficient (Wildman–Crippen LogP) is 2.64. The lowest BCUT2D eigenvalue weighted by Gasteiger charge is -2.11. The third kappa shape index (κ3) is 1.93. The van der Waals surface area contributed by atoms with E-state index in [2.05, 4.69) is 22.7 Å². The van der Waals surface area contributed by atoms with Crippen molar-refractivity contribution in [1.82, 2.24) is 9.55 Å². The Kier molecular flexibility index (Phi) is 2.67. The van der Waals surface area contributed by atoms with E-state index >= 15 is 0 Å². The molecule has 0 N–H and O–H groups in total. The van der Waals surface area contributed by atoms with E-state index in [1.165, 1.54) is 38.1 Å². The molecular formula is C11H18N2. The zero-order valence-electron chi connectivity index (χ0n) is 8.37. The minimum absolute atomic E-state index is 0.916. The second-order valence-electron chi connectivity index (χ2n) is 4.00. The van der Waals surface area contributed by atoms with Crippen molar-refractivity contribution >= 4 is 0 Å². The lowest BCUT2D eigenvalue weighted by Crippen LogP contribution is -2.09. The van der Waals surface area contributed by atoms with Crippen LogP contribution in [0, 0.1) is 5.92 Å². The molecule has 0 amide bonds. The van der Waals surface area contributed by atoms with E-state index in [0.29, 0.717) is 0 Å². The van der Waals surface area contributed by atoms with Gasteiger partial charge < -0.3 is 4.57 Å². The molecule has 1 fully saturated rings. The van der Waals surface area contributed by atoms with E-state index in [0.717, 1.165) is 12.3 Å². The highest BCUT2D eigenvalue weighted by molar-refractivity contribution is 4.92. The summed E-state index contributed by atoms with van der Waals surface area (Å²) in [7, 11) is 0. The molecular weight excluding hydrogens is 160 g/mol. The van der Waals surface area contributed by atoms with Gasteiger partial charge in [-0.2, -0.15) is 0 Å². The summed E-state index contributed by atoms with van der Waals surface area (Å²) in [5, 5.41) is 0. The highest BCUT2D eigenvalue weighted by atomic mass is 15.1. The number of imidazole rings is 1. The molecule has 0 spiro atoms.